The number of halogens is 3. The fourth-order valence-corrected chi connectivity index (χ4v) is 2.52. The molecule has 1 aliphatic heterocycles. The second kappa shape index (κ2) is 7.49. The van der Waals surface area contributed by atoms with Gasteiger partial charge in [0.15, 0.2) is 0 Å². The average Bonchev–Trinajstić information content (AvgIpc) is 2.51. The van der Waals surface area contributed by atoms with Crippen molar-refractivity contribution in [1.82, 2.24) is 10.2 Å². The first kappa shape index (κ1) is 16.6. The molecule has 1 aromatic carbocycles. The van der Waals surface area contributed by atoms with Crippen LogP contribution in [0.2, 0.25) is 0 Å². The van der Waals surface area contributed by atoms with E-state index in [1.54, 1.807) is 12.1 Å². The van der Waals surface area contributed by atoms with Gasteiger partial charge >= 0.3 is 12.4 Å². The fraction of sp³-hybridized carbons (Fsp3) is 0.533. The summed E-state index contributed by atoms with van der Waals surface area (Å²) in [5.41, 5.74) is 0.826. The molecule has 1 aliphatic rings. The number of hydrogen-bond acceptors (Lipinski definition) is 3. The van der Waals surface area contributed by atoms with E-state index in [1.165, 1.54) is 0 Å². The van der Waals surface area contributed by atoms with Crippen LogP contribution < -0.4 is 5.32 Å². The van der Waals surface area contributed by atoms with Gasteiger partial charge in [0.1, 0.15) is 6.61 Å². The topological polar surface area (TPSA) is 41.6 Å². The molecule has 1 amide bonds. The number of amides is 1. The Hall–Kier alpha value is -1.76. The molecule has 1 heterocycles. The van der Waals surface area contributed by atoms with Crippen LogP contribution in [0.5, 0.6) is 0 Å². The van der Waals surface area contributed by atoms with Crippen molar-refractivity contribution in [2.24, 2.45) is 0 Å². The molecule has 2 rings (SSSR count). The predicted octanol–water partition coefficient (Wildman–Crippen LogP) is 3.29. The summed E-state index contributed by atoms with van der Waals surface area (Å²) < 4.78 is 43.6. The number of ether oxygens (including phenoxy) is 1. The van der Waals surface area contributed by atoms with Crippen LogP contribution in [0, 0.1) is 0 Å². The molecular weight excluding hydrogens is 297 g/mol. The van der Waals surface area contributed by atoms with Gasteiger partial charge in [0.25, 0.3) is 0 Å². The number of nitrogens with zero attached hydrogens (tertiary/aromatic N) is 1. The van der Waals surface area contributed by atoms with Crippen molar-refractivity contribution in [1.29, 1.82) is 0 Å². The Morgan fingerprint density at radius 3 is 2.68 bits per heavy atom. The molecule has 4 nitrogen and oxygen atoms in total. The maximum absolute atomic E-state index is 12.9. The highest BCUT2D eigenvalue weighted by molar-refractivity contribution is 5.67. The fourth-order valence-electron chi connectivity index (χ4n) is 2.52. The Kier molecular flexibility index (Phi) is 5.65. The minimum Gasteiger partial charge on any atom is -0.445 e. The highest BCUT2D eigenvalue weighted by atomic mass is 19.4. The lowest BCUT2D eigenvalue weighted by Crippen LogP contribution is -2.52. The number of piperidine rings is 1. The Balaban J connectivity index is 1.77. The van der Waals surface area contributed by atoms with E-state index in [0.717, 1.165) is 12.0 Å². The normalized spacial score (nSPS) is 19.7. The highest BCUT2D eigenvalue weighted by Gasteiger charge is 2.42. The number of likely N-dealkylation sites (tertiary alicyclic amines) is 1. The molecule has 0 bridgehead atoms. The molecule has 0 radical (unpaired) electrons. The van der Waals surface area contributed by atoms with Gasteiger partial charge in [0.2, 0.25) is 0 Å². The maximum atomic E-state index is 12.9. The molecule has 1 atom stereocenters. The van der Waals surface area contributed by atoms with Crippen LogP contribution in [0.25, 0.3) is 0 Å². The van der Waals surface area contributed by atoms with Gasteiger partial charge in [-0.15, -0.1) is 0 Å². The third kappa shape index (κ3) is 4.91. The molecular formula is C15H19F3N2O2. The number of benzene rings is 1. The second-order valence-corrected chi connectivity index (χ2v) is 5.25. The monoisotopic (exact) mass is 316 g/mol. The van der Waals surface area contributed by atoms with E-state index >= 15 is 0 Å². The minimum absolute atomic E-state index is 0.0189. The number of carbonyl (C=O) groups is 1. The summed E-state index contributed by atoms with van der Waals surface area (Å²) in [6.45, 7) is 0.0162. The van der Waals surface area contributed by atoms with Crippen molar-refractivity contribution in [3.8, 4) is 0 Å². The molecule has 1 fully saturated rings. The van der Waals surface area contributed by atoms with E-state index in [1.807, 2.05) is 18.2 Å². The molecule has 0 saturated carbocycles. The van der Waals surface area contributed by atoms with E-state index < -0.39 is 18.4 Å². The second-order valence-electron chi connectivity index (χ2n) is 5.25. The Bertz CT molecular complexity index is 479. The van der Waals surface area contributed by atoms with E-state index in [2.05, 4.69) is 5.32 Å². The van der Waals surface area contributed by atoms with Gasteiger partial charge in [-0.05, 0) is 18.4 Å². The summed E-state index contributed by atoms with van der Waals surface area (Å²) >= 11 is 0. The summed E-state index contributed by atoms with van der Waals surface area (Å²) in [6.07, 6.45) is -3.39. The van der Waals surface area contributed by atoms with Gasteiger partial charge < -0.3 is 10.1 Å². The van der Waals surface area contributed by atoms with Crippen molar-refractivity contribution in [2.45, 2.75) is 38.2 Å². The van der Waals surface area contributed by atoms with E-state index in [4.69, 9.17) is 4.74 Å². The molecule has 122 valence electrons. The lowest BCUT2D eigenvalue weighted by atomic mass is 10.0. The molecule has 7 heteroatoms. The Morgan fingerprint density at radius 1 is 1.27 bits per heavy atom. The van der Waals surface area contributed by atoms with Gasteiger partial charge in [-0.25, -0.2) is 9.69 Å². The summed E-state index contributed by atoms with van der Waals surface area (Å²) in [4.78, 5) is 12.1. The van der Waals surface area contributed by atoms with Crippen LogP contribution in [0.4, 0.5) is 18.0 Å². The first-order valence-corrected chi connectivity index (χ1v) is 7.25. The zero-order valence-corrected chi connectivity index (χ0v) is 12.1. The number of alkyl halides is 3. The largest absolute Gasteiger partial charge is 0.460 e. The third-order valence-corrected chi connectivity index (χ3v) is 3.65. The quantitative estimate of drug-likeness (QED) is 0.867. The summed E-state index contributed by atoms with van der Waals surface area (Å²) in [7, 11) is 0. The standard InChI is InChI=1S/C15H19F3N2O2/c16-15(17,18)20-9-5-4-8-13(20)10-19-14(21)22-11-12-6-2-1-3-7-12/h1-3,6-7,13H,4-5,8-11H2,(H,19,21)/t13-/m0/s1. The van der Waals surface area contributed by atoms with Crippen LogP contribution in [0.15, 0.2) is 30.3 Å². The van der Waals surface area contributed by atoms with Gasteiger partial charge in [0, 0.05) is 19.1 Å². The third-order valence-electron chi connectivity index (χ3n) is 3.65. The SMILES string of the molecule is O=C(NC[C@@H]1CCCCN1C(F)(F)F)OCc1ccccc1. The van der Waals surface area contributed by atoms with Crippen molar-refractivity contribution in [2.75, 3.05) is 13.1 Å². The van der Waals surface area contributed by atoms with Crippen molar-refractivity contribution < 1.29 is 22.7 Å². The smallest absolute Gasteiger partial charge is 0.445 e. The number of rotatable bonds is 4. The molecule has 0 unspecified atom stereocenters. The van der Waals surface area contributed by atoms with Crippen LogP contribution in [-0.2, 0) is 11.3 Å². The molecule has 0 aliphatic carbocycles. The summed E-state index contributed by atoms with van der Waals surface area (Å²) in [5, 5.41) is 2.42. The zero-order chi connectivity index (χ0) is 16.0. The lowest BCUT2D eigenvalue weighted by Gasteiger charge is -2.36. The average molecular weight is 316 g/mol. The lowest BCUT2D eigenvalue weighted by molar-refractivity contribution is -0.263. The van der Waals surface area contributed by atoms with Crippen molar-refractivity contribution in [3.63, 3.8) is 0 Å². The van der Waals surface area contributed by atoms with Crippen LogP contribution >= 0.6 is 0 Å². The first-order chi connectivity index (χ1) is 10.5. The van der Waals surface area contributed by atoms with Gasteiger partial charge in [-0.1, -0.05) is 36.8 Å². The minimum atomic E-state index is -4.36. The molecule has 22 heavy (non-hydrogen) atoms. The van der Waals surface area contributed by atoms with Crippen molar-refractivity contribution >= 4 is 6.09 Å². The number of alkyl carbamates (subject to hydrolysis) is 1. The summed E-state index contributed by atoms with van der Waals surface area (Å²) in [6, 6.07) is 8.37. The number of carbonyl (C=O) groups excluding carboxylic acids is 1. The number of nitrogens with one attached hydrogen (secondary N) is 1. The molecule has 1 saturated heterocycles. The van der Waals surface area contributed by atoms with E-state index in [0.29, 0.717) is 17.7 Å². The molecule has 0 spiro atoms. The van der Waals surface area contributed by atoms with Gasteiger partial charge in [-0.2, -0.15) is 13.2 Å². The molecule has 1 N–H and O–H groups in total. The van der Waals surface area contributed by atoms with Crippen molar-refractivity contribution in [3.05, 3.63) is 35.9 Å². The molecule has 1 aromatic rings. The Labute approximate surface area is 127 Å². The maximum Gasteiger partial charge on any atom is 0.460 e. The predicted molar refractivity (Wildman–Crippen MR) is 75.0 cm³/mol. The van der Waals surface area contributed by atoms with Crippen LogP contribution in [0.1, 0.15) is 24.8 Å². The highest BCUT2D eigenvalue weighted by Crippen LogP contribution is 2.29. The zero-order valence-electron chi connectivity index (χ0n) is 12.1. The Morgan fingerprint density at radius 2 is 2.00 bits per heavy atom. The first-order valence-electron chi connectivity index (χ1n) is 7.25. The van der Waals surface area contributed by atoms with Gasteiger partial charge in [-0.3, -0.25) is 0 Å². The molecule has 0 aromatic heterocycles. The van der Waals surface area contributed by atoms with E-state index in [-0.39, 0.29) is 19.7 Å². The number of hydrogen-bond donors (Lipinski definition) is 1. The van der Waals surface area contributed by atoms with Crippen LogP contribution in [0.3, 0.4) is 0 Å². The summed E-state index contributed by atoms with van der Waals surface area (Å²) in [5.74, 6) is 0. The van der Waals surface area contributed by atoms with Crippen LogP contribution in [-0.4, -0.2) is 36.4 Å². The van der Waals surface area contributed by atoms with Gasteiger partial charge in [0.05, 0.1) is 0 Å². The van der Waals surface area contributed by atoms with E-state index in [9.17, 15) is 18.0 Å².